The van der Waals surface area contributed by atoms with Gasteiger partial charge in [0, 0.05) is 6.61 Å². The number of aromatic nitrogens is 2. The average Bonchev–Trinajstić information content (AvgIpc) is 2.90. The molecule has 0 aliphatic carbocycles. The van der Waals surface area contributed by atoms with E-state index >= 15 is 0 Å². The second-order valence-corrected chi connectivity index (χ2v) is 4.09. The molecule has 0 bridgehead atoms. The lowest BCUT2D eigenvalue weighted by atomic mass is 10.2. The second-order valence-electron chi connectivity index (χ2n) is 4.09. The van der Waals surface area contributed by atoms with Gasteiger partial charge in [-0.25, -0.2) is 13.8 Å². The first-order chi connectivity index (χ1) is 8.18. The largest absolute Gasteiger partial charge is 0.379 e. The van der Waals surface area contributed by atoms with E-state index in [9.17, 15) is 8.78 Å². The molecule has 0 spiro atoms. The van der Waals surface area contributed by atoms with Gasteiger partial charge in [0.15, 0.2) is 11.6 Å². The van der Waals surface area contributed by atoms with Crippen LogP contribution in [0.15, 0.2) is 12.1 Å². The van der Waals surface area contributed by atoms with Gasteiger partial charge in [0.2, 0.25) is 5.95 Å². The molecule has 2 heterocycles. The fraction of sp³-hybridized carbons (Fsp3) is 0.364. The van der Waals surface area contributed by atoms with Crippen LogP contribution in [0.5, 0.6) is 0 Å². The molecule has 1 aromatic heterocycles. The van der Waals surface area contributed by atoms with Crippen LogP contribution in [-0.2, 0) is 4.74 Å². The molecular formula is C11H11F2N3O. The summed E-state index contributed by atoms with van der Waals surface area (Å²) in [5.74, 6) is -1.60. The summed E-state index contributed by atoms with van der Waals surface area (Å²) in [4.78, 5) is 4.04. The molecule has 2 N–H and O–H groups in total. The van der Waals surface area contributed by atoms with Gasteiger partial charge in [0.05, 0.1) is 18.2 Å². The molecular weight excluding hydrogens is 228 g/mol. The Labute approximate surface area is 96.0 Å². The van der Waals surface area contributed by atoms with E-state index in [1.165, 1.54) is 10.6 Å². The van der Waals surface area contributed by atoms with Crippen molar-refractivity contribution in [3.8, 4) is 0 Å². The van der Waals surface area contributed by atoms with Crippen LogP contribution >= 0.6 is 0 Å². The minimum absolute atomic E-state index is 0.0729. The normalized spacial score (nSPS) is 20.2. The number of fused-ring (bicyclic) bond motifs is 1. The van der Waals surface area contributed by atoms with Crippen molar-refractivity contribution < 1.29 is 13.5 Å². The van der Waals surface area contributed by atoms with Crippen molar-refractivity contribution >= 4 is 17.0 Å². The summed E-state index contributed by atoms with van der Waals surface area (Å²) in [7, 11) is 0. The van der Waals surface area contributed by atoms with Crippen LogP contribution in [0.2, 0.25) is 0 Å². The first-order valence-corrected chi connectivity index (χ1v) is 5.37. The molecule has 0 radical (unpaired) electrons. The SMILES string of the molecule is Nc1nc2ccc(F)c(F)c2n1C1CCOC1. The van der Waals surface area contributed by atoms with Crippen molar-refractivity contribution in [1.82, 2.24) is 9.55 Å². The van der Waals surface area contributed by atoms with Crippen LogP contribution in [0.25, 0.3) is 11.0 Å². The Bertz CT molecular complexity index is 576. The fourth-order valence-corrected chi connectivity index (χ4v) is 2.24. The van der Waals surface area contributed by atoms with Gasteiger partial charge >= 0.3 is 0 Å². The third kappa shape index (κ3) is 1.48. The molecule has 6 heteroatoms. The number of imidazole rings is 1. The van der Waals surface area contributed by atoms with Crippen molar-refractivity contribution in [1.29, 1.82) is 0 Å². The third-order valence-electron chi connectivity index (χ3n) is 3.04. The highest BCUT2D eigenvalue weighted by atomic mass is 19.2. The summed E-state index contributed by atoms with van der Waals surface area (Å²) in [6.07, 6.45) is 0.728. The Hall–Kier alpha value is -1.69. The lowest BCUT2D eigenvalue weighted by Crippen LogP contribution is -2.12. The number of nitrogens with zero attached hydrogens (tertiary/aromatic N) is 2. The number of anilines is 1. The van der Waals surface area contributed by atoms with E-state index in [2.05, 4.69) is 4.98 Å². The topological polar surface area (TPSA) is 53.1 Å². The van der Waals surface area contributed by atoms with E-state index < -0.39 is 11.6 Å². The maximum atomic E-state index is 13.8. The zero-order valence-corrected chi connectivity index (χ0v) is 8.99. The van der Waals surface area contributed by atoms with Crippen LogP contribution in [0.4, 0.5) is 14.7 Å². The molecule has 2 aromatic rings. The molecule has 0 amide bonds. The van der Waals surface area contributed by atoms with Gasteiger partial charge in [-0.2, -0.15) is 0 Å². The van der Waals surface area contributed by atoms with Gasteiger partial charge in [-0.05, 0) is 18.6 Å². The van der Waals surface area contributed by atoms with Crippen LogP contribution in [-0.4, -0.2) is 22.8 Å². The van der Waals surface area contributed by atoms with Crippen molar-refractivity contribution in [2.24, 2.45) is 0 Å². The van der Waals surface area contributed by atoms with Crippen LogP contribution in [0.3, 0.4) is 0 Å². The minimum atomic E-state index is -0.904. The monoisotopic (exact) mass is 239 g/mol. The van der Waals surface area contributed by atoms with Crippen LogP contribution in [0, 0.1) is 11.6 Å². The zero-order valence-electron chi connectivity index (χ0n) is 8.99. The molecule has 1 unspecified atom stereocenters. The van der Waals surface area contributed by atoms with E-state index in [1.807, 2.05) is 0 Å². The first kappa shape index (κ1) is 10.5. The maximum absolute atomic E-state index is 13.8. The number of ether oxygens (including phenoxy) is 1. The average molecular weight is 239 g/mol. The van der Waals surface area contributed by atoms with Crippen molar-refractivity contribution in [2.75, 3.05) is 18.9 Å². The number of rotatable bonds is 1. The number of nitrogens with two attached hydrogens (primary N) is 1. The molecule has 1 atom stereocenters. The molecule has 4 nitrogen and oxygen atoms in total. The second kappa shape index (κ2) is 3.66. The number of nitrogen functional groups attached to an aromatic ring is 1. The highest BCUT2D eigenvalue weighted by Crippen LogP contribution is 2.30. The number of hydrogen-bond acceptors (Lipinski definition) is 3. The zero-order chi connectivity index (χ0) is 12.0. The summed E-state index contributed by atoms with van der Waals surface area (Å²) in [5, 5.41) is 0. The van der Waals surface area contributed by atoms with Crippen LogP contribution < -0.4 is 5.73 Å². The quantitative estimate of drug-likeness (QED) is 0.826. The van der Waals surface area contributed by atoms with Gasteiger partial charge in [-0.1, -0.05) is 0 Å². The molecule has 1 aromatic carbocycles. The Morgan fingerprint density at radius 1 is 1.41 bits per heavy atom. The Kier molecular flexibility index (Phi) is 2.25. The maximum Gasteiger partial charge on any atom is 0.201 e. The van der Waals surface area contributed by atoms with Gasteiger partial charge in [0.1, 0.15) is 5.52 Å². The lowest BCUT2D eigenvalue weighted by Gasteiger charge is -2.13. The molecule has 1 fully saturated rings. The molecule has 1 saturated heterocycles. The highest BCUT2D eigenvalue weighted by Gasteiger charge is 2.25. The van der Waals surface area contributed by atoms with E-state index in [0.717, 1.165) is 12.5 Å². The predicted molar refractivity (Wildman–Crippen MR) is 58.5 cm³/mol. The molecule has 1 aliphatic heterocycles. The van der Waals surface area contributed by atoms with E-state index in [-0.39, 0.29) is 17.5 Å². The Morgan fingerprint density at radius 3 is 2.94 bits per heavy atom. The summed E-state index contributed by atoms with van der Waals surface area (Å²) < 4.78 is 33.8. The Balaban J connectivity index is 2.28. The molecule has 90 valence electrons. The molecule has 3 rings (SSSR count). The third-order valence-corrected chi connectivity index (χ3v) is 3.04. The standard InChI is InChI=1S/C11H11F2N3O/c12-7-1-2-8-10(9(7)13)16(11(14)15-8)6-3-4-17-5-6/h1-2,6H,3-5H2,(H2,14,15). The molecule has 0 saturated carbocycles. The van der Waals surface area contributed by atoms with E-state index in [0.29, 0.717) is 18.7 Å². The van der Waals surface area contributed by atoms with Crippen molar-refractivity contribution in [3.05, 3.63) is 23.8 Å². The fourth-order valence-electron chi connectivity index (χ4n) is 2.24. The molecule has 1 aliphatic rings. The number of hydrogen-bond donors (Lipinski definition) is 1. The lowest BCUT2D eigenvalue weighted by molar-refractivity contribution is 0.187. The van der Waals surface area contributed by atoms with Gasteiger partial charge < -0.3 is 15.0 Å². The highest BCUT2D eigenvalue weighted by molar-refractivity contribution is 5.79. The summed E-state index contributed by atoms with van der Waals surface area (Å²) in [6, 6.07) is 2.41. The van der Waals surface area contributed by atoms with Gasteiger partial charge in [-0.15, -0.1) is 0 Å². The minimum Gasteiger partial charge on any atom is -0.379 e. The summed E-state index contributed by atoms with van der Waals surface area (Å²) >= 11 is 0. The van der Waals surface area contributed by atoms with E-state index in [4.69, 9.17) is 10.5 Å². The first-order valence-electron chi connectivity index (χ1n) is 5.37. The van der Waals surface area contributed by atoms with Crippen molar-refractivity contribution in [3.63, 3.8) is 0 Å². The summed E-state index contributed by atoms with van der Waals surface area (Å²) in [5.41, 5.74) is 6.25. The Morgan fingerprint density at radius 2 is 2.24 bits per heavy atom. The summed E-state index contributed by atoms with van der Waals surface area (Å²) in [6.45, 7) is 1.05. The van der Waals surface area contributed by atoms with E-state index in [1.54, 1.807) is 0 Å². The molecule has 17 heavy (non-hydrogen) atoms. The van der Waals surface area contributed by atoms with Crippen molar-refractivity contribution in [2.45, 2.75) is 12.5 Å². The van der Waals surface area contributed by atoms with Crippen LogP contribution in [0.1, 0.15) is 12.5 Å². The smallest absolute Gasteiger partial charge is 0.201 e. The van der Waals surface area contributed by atoms with Gasteiger partial charge in [0.25, 0.3) is 0 Å². The number of halogens is 2. The predicted octanol–water partition coefficient (Wildman–Crippen LogP) is 1.86. The van der Waals surface area contributed by atoms with Gasteiger partial charge in [-0.3, -0.25) is 0 Å². The number of benzene rings is 1.